The van der Waals surface area contributed by atoms with Crippen LogP contribution in [-0.2, 0) is 6.18 Å². The number of hydrogen-bond acceptors (Lipinski definition) is 5. The van der Waals surface area contributed by atoms with Gasteiger partial charge >= 0.3 is 6.18 Å². The smallest absolute Gasteiger partial charge is 0.435 e. The first kappa shape index (κ1) is 17.0. The van der Waals surface area contributed by atoms with E-state index in [0.717, 1.165) is 6.07 Å². The molecule has 0 saturated carbocycles. The highest BCUT2D eigenvalue weighted by Gasteiger charge is 2.33. The molecular weight excluding hydrogens is 337 g/mol. The predicted molar refractivity (Wildman–Crippen MR) is 83.3 cm³/mol. The van der Waals surface area contributed by atoms with Gasteiger partial charge in [0.1, 0.15) is 5.75 Å². The number of aromatic nitrogens is 2. The van der Waals surface area contributed by atoms with Crippen LogP contribution < -0.4 is 4.90 Å². The molecule has 1 fully saturated rings. The molecule has 1 aliphatic heterocycles. The minimum absolute atomic E-state index is 0.0854. The Morgan fingerprint density at radius 2 is 1.60 bits per heavy atom. The Morgan fingerprint density at radius 1 is 0.960 bits per heavy atom. The number of halogens is 3. The van der Waals surface area contributed by atoms with Crippen molar-refractivity contribution in [3.63, 3.8) is 0 Å². The Kier molecular flexibility index (Phi) is 4.47. The maximum atomic E-state index is 12.5. The van der Waals surface area contributed by atoms with Gasteiger partial charge in [-0.15, -0.1) is 10.2 Å². The van der Waals surface area contributed by atoms with Gasteiger partial charge in [0.05, 0.1) is 0 Å². The summed E-state index contributed by atoms with van der Waals surface area (Å²) in [6.45, 7) is 1.73. The van der Waals surface area contributed by atoms with Gasteiger partial charge in [-0.1, -0.05) is 0 Å². The van der Waals surface area contributed by atoms with E-state index in [-0.39, 0.29) is 11.7 Å². The number of piperazine rings is 1. The molecule has 9 heteroatoms. The summed E-state index contributed by atoms with van der Waals surface area (Å²) in [4.78, 5) is 15.8. The Balaban J connectivity index is 1.61. The lowest BCUT2D eigenvalue weighted by Gasteiger charge is -2.35. The van der Waals surface area contributed by atoms with Crippen molar-refractivity contribution < 1.29 is 23.1 Å². The summed E-state index contributed by atoms with van der Waals surface area (Å²) in [7, 11) is 0. The second-order valence-electron chi connectivity index (χ2n) is 5.60. The summed E-state index contributed by atoms with van der Waals surface area (Å²) < 4.78 is 37.5. The number of rotatable bonds is 2. The molecular formula is C16H15F3N4O2. The van der Waals surface area contributed by atoms with E-state index in [1.807, 2.05) is 0 Å². The topological polar surface area (TPSA) is 69.6 Å². The molecule has 0 atom stereocenters. The van der Waals surface area contributed by atoms with Crippen LogP contribution in [0, 0.1) is 0 Å². The summed E-state index contributed by atoms with van der Waals surface area (Å²) in [6.07, 6.45) is -4.51. The fraction of sp³-hybridized carbons (Fsp3) is 0.312. The standard InChI is InChI=1S/C16H15F3N4O2/c17-16(18,19)13-5-6-14(21-20-13)22-7-9-23(10-8-22)15(25)11-1-3-12(24)4-2-11/h1-6,24H,7-10H2. The molecule has 0 spiro atoms. The number of aromatic hydroxyl groups is 1. The number of anilines is 1. The van der Waals surface area contributed by atoms with E-state index < -0.39 is 11.9 Å². The maximum absolute atomic E-state index is 12.5. The molecule has 0 radical (unpaired) electrons. The molecule has 1 aromatic heterocycles. The number of alkyl halides is 3. The molecule has 1 aliphatic rings. The molecule has 0 aliphatic carbocycles. The first-order chi connectivity index (χ1) is 11.8. The number of phenolic OH excluding ortho intramolecular Hbond substituents is 1. The third kappa shape index (κ3) is 3.81. The van der Waals surface area contributed by atoms with Gasteiger partial charge in [0.25, 0.3) is 5.91 Å². The van der Waals surface area contributed by atoms with Crippen molar-refractivity contribution in [1.82, 2.24) is 15.1 Å². The number of benzene rings is 1. The highest BCUT2D eigenvalue weighted by Crippen LogP contribution is 2.27. The van der Waals surface area contributed by atoms with E-state index in [1.165, 1.54) is 18.2 Å². The zero-order chi connectivity index (χ0) is 18.0. The van der Waals surface area contributed by atoms with Crippen LogP contribution in [-0.4, -0.2) is 52.3 Å². The summed E-state index contributed by atoms with van der Waals surface area (Å²) in [5.74, 6) is 0.283. The second kappa shape index (κ2) is 6.58. The summed E-state index contributed by atoms with van der Waals surface area (Å²) in [6, 6.07) is 8.17. The van der Waals surface area contributed by atoms with E-state index in [1.54, 1.807) is 21.9 Å². The van der Waals surface area contributed by atoms with Crippen LogP contribution in [0.3, 0.4) is 0 Å². The molecule has 6 nitrogen and oxygen atoms in total. The summed E-state index contributed by atoms with van der Waals surface area (Å²) >= 11 is 0. The molecule has 1 amide bonds. The SMILES string of the molecule is O=C(c1ccc(O)cc1)N1CCN(c2ccc(C(F)(F)F)nn2)CC1. The molecule has 1 N–H and O–H groups in total. The van der Waals surface area contributed by atoms with Gasteiger partial charge in [-0.25, -0.2) is 0 Å². The van der Waals surface area contributed by atoms with Crippen molar-refractivity contribution in [3.05, 3.63) is 47.7 Å². The predicted octanol–water partition coefficient (Wildman–Crippen LogP) is 2.16. The molecule has 1 aromatic carbocycles. The zero-order valence-corrected chi connectivity index (χ0v) is 13.1. The van der Waals surface area contributed by atoms with E-state index in [4.69, 9.17) is 0 Å². The number of amides is 1. The van der Waals surface area contributed by atoms with Gasteiger partial charge < -0.3 is 14.9 Å². The van der Waals surface area contributed by atoms with Crippen molar-refractivity contribution >= 4 is 11.7 Å². The van der Waals surface area contributed by atoms with Crippen molar-refractivity contribution in [1.29, 1.82) is 0 Å². The van der Waals surface area contributed by atoms with Crippen molar-refractivity contribution in [2.24, 2.45) is 0 Å². The Labute approximate surface area is 141 Å². The maximum Gasteiger partial charge on any atom is 0.435 e. The summed E-state index contributed by atoms with van der Waals surface area (Å²) in [5, 5.41) is 16.1. The van der Waals surface area contributed by atoms with E-state index in [0.29, 0.717) is 37.6 Å². The fourth-order valence-corrected chi connectivity index (χ4v) is 2.57. The van der Waals surface area contributed by atoms with E-state index >= 15 is 0 Å². The van der Waals surface area contributed by atoms with Crippen LogP contribution in [0.15, 0.2) is 36.4 Å². The van der Waals surface area contributed by atoms with Gasteiger partial charge in [0, 0.05) is 31.7 Å². The minimum Gasteiger partial charge on any atom is -0.508 e. The van der Waals surface area contributed by atoms with Crippen molar-refractivity contribution in [2.45, 2.75) is 6.18 Å². The van der Waals surface area contributed by atoms with Crippen molar-refractivity contribution in [2.75, 3.05) is 31.1 Å². The molecule has 25 heavy (non-hydrogen) atoms. The number of nitrogens with zero attached hydrogens (tertiary/aromatic N) is 4. The van der Waals surface area contributed by atoms with Crippen molar-refractivity contribution in [3.8, 4) is 5.75 Å². The van der Waals surface area contributed by atoms with Gasteiger partial charge in [0.2, 0.25) is 0 Å². The monoisotopic (exact) mass is 352 g/mol. The molecule has 2 aromatic rings. The fourth-order valence-electron chi connectivity index (χ4n) is 2.57. The van der Waals surface area contributed by atoms with Gasteiger partial charge in [-0.05, 0) is 36.4 Å². The van der Waals surface area contributed by atoms with Gasteiger partial charge in [-0.2, -0.15) is 13.2 Å². The first-order valence-corrected chi connectivity index (χ1v) is 7.59. The van der Waals surface area contributed by atoms with Crippen LogP contribution in [0.4, 0.5) is 19.0 Å². The minimum atomic E-state index is -4.51. The molecule has 1 saturated heterocycles. The number of hydrogen-bond donors (Lipinski definition) is 1. The molecule has 0 unspecified atom stereocenters. The third-order valence-corrected chi connectivity index (χ3v) is 3.95. The number of phenols is 1. The number of carbonyl (C=O) groups excluding carboxylic acids is 1. The largest absolute Gasteiger partial charge is 0.508 e. The highest BCUT2D eigenvalue weighted by molar-refractivity contribution is 5.94. The summed E-state index contributed by atoms with van der Waals surface area (Å²) in [5.41, 5.74) is -0.557. The van der Waals surface area contributed by atoms with Crippen LogP contribution in [0.25, 0.3) is 0 Å². The van der Waals surface area contributed by atoms with Crippen LogP contribution in [0.2, 0.25) is 0 Å². The van der Waals surface area contributed by atoms with Gasteiger partial charge in [-0.3, -0.25) is 4.79 Å². The lowest BCUT2D eigenvalue weighted by atomic mass is 10.1. The molecule has 132 valence electrons. The Hall–Kier alpha value is -2.84. The Bertz CT molecular complexity index is 739. The second-order valence-corrected chi connectivity index (χ2v) is 5.60. The first-order valence-electron chi connectivity index (χ1n) is 7.59. The molecule has 0 bridgehead atoms. The normalized spacial score (nSPS) is 15.3. The lowest BCUT2D eigenvalue weighted by Crippen LogP contribution is -2.49. The number of carbonyl (C=O) groups is 1. The third-order valence-electron chi connectivity index (χ3n) is 3.95. The zero-order valence-electron chi connectivity index (χ0n) is 13.1. The quantitative estimate of drug-likeness (QED) is 0.897. The molecule has 3 rings (SSSR count). The average Bonchev–Trinajstić information content (AvgIpc) is 2.61. The average molecular weight is 352 g/mol. The van der Waals surface area contributed by atoms with Gasteiger partial charge in [0.15, 0.2) is 11.5 Å². The molecule has 2 heterocycles. The van der Waals surface area contributed by atoms with Crippen LogP contribution in [0.5, 0.6) is 5.75 Å². The van der Waals surface area contributed by atoms with Crippen LogP contribution in [0.1, 0.15) is 16.1 Å². The lowest BCUT2D eigenvalue weighted by molar-refractivity contribution is -0.141. The highest BCUT2D eigenvalue weighted by atomic mass is 19.4. The Morgan fingerprint density at radius 3 is 2.12 bits per heavy atom. The van der Waals surface area contributed by atoms with E-state index in [2.05, 4.69) is 10.2 Å². The van der Waals surface area contributed by atoms with E-state index in [9.17, 15) is 23.1 Å². The van der Waals surface area contributed by atoms with Crippen LogP contribution >= 0.6 is 0 Å².